The molecule has 0 saturated carbocycles. The van der Waals surface area contributed by atoms with Crippen LogP contribution in [0.3, 0.4) is 0 Å². The van der Waals surface area contributed by atoms with Crippen molar-refractivity contribution in [2.45, 2.75) is 0 Å². The number of rotatable bonds is 0. The summed E-state index contributed by atoms with van der Waals surface area (Å²) < 4.78 is 0. The Kier molecular flexibility index (Phi) is 54.7. The summed E-state index contributed by atoms with van der Waals surface area (Å²) in [4.78, 5) is 0. The van der Waals surface area contributed by atoms with E-state index in [1.165, 1.54) is 5.40 Å². The van der Waals surface area contributed by atoms with Crippen molar-refractivity contribution in [3.05, 3.63) is 0 Å². The summed E-state index contributed by atoms with van der Waals surface area (Å²) in [5, 5.41) is 8.63. The molecule has 0 N–H and O–H groups in total. The molecule has 0 heterocycles. The third kappa shape index (κ3) is 26.7. The van der Waals surface area contributed by atoms with Crippen molar-refractivity contribution >= 4 is 68.4 Å². The van der Waals surface area contributed by atoms with Crippen LogP contribution in [0.1, 0.15) is 0 Å². The molecule has 0 amide bonds. The maximum atomic E-state index is 7.18. The molecule has 0 aliphatic carbocycles. The van der Waals surface area contributed by atoms with E-state index in [-0.39, 0.29) is 55.8 Å². The molecule has 0 saturated heterocycles. The third-order valence-electron chi connectivity index (χ3n) is 0. The first-order valence-electron chi connectivity index (χ1n) is 0.447. The van der Waals surface area contributed by atoms with Gasteiger partial charge in [-0.15, -0.1) is 0 Å². The van der Waals surface area contributed by atoms with Gasteiger partial charge in [-0.2, -0.15) is 5.26 Å². The van der Waals surface area contributed by atoms with Crippen molar-refractivity contribution in [2.24, 2.45) is 0 Å². The first kappa shape index (κ1) is 15.9. The minimum absolute atomic E-state index is 0. The molecule has 0 atom stereocenters. The Labute approximate surface area is 77.9 Å². The quantitative estimate of drug-likeness (QED) is 0.330. The van der Waals surface area contributed by atoms with Crippen molar-refractivity contribution < 1.29 is 0 Å². The van der Waals surface area contributed by atoms with Gasteiger partial charge in [-0.05, 0) is 0 Å². The summed E-state index contributed by atoms with van der Waals surface area (Å²) in [7, 11) is 0. The zero-order chi connectivity index (χ0) is 2.71. The number of thiol groups is 1. The van der Waals surface area contributed by atoms with Gasteiger partial charge < -0.3 is 0 Å². The van der Waals surface area contributed by atoms with Crippen LogP contribution in [0.5, 0.6) is 0 Å². The molecule has 4 heteroatoms. The van der Waals surface area contributed by atoms with Crippen molar-refractivity contribution in [2.75, 3.05) is 0 Å². The first-order chi connectivity index (χ1) is 1.41. The SMILES string of the molecule is N#CS.[BiH3].[NaH]. The van der Waals surface area contributed by atoms with Crippen LogP contribution in [-0.4, -0.2) is 55.8 Å². The first-order valence-corrected chi connectivity index (χ1v) is 0.894. The van der Waals surface area contributed by atoms with Crippen molar-refractivity contribution in [3.8, 4) is 5.40 Å². The Balaban J connectivity index is -0.0000000200. The normalized spacial score (nSPS) is 1.60. The van der Waals surface area contributed by atoms with Gasteiger partial charge in [0.15, 0.2) is 0 Å². The van der Waals surface area contributed by atoms with Gasteiger partial charge >= 0.3 is 55.8 Å². The van der Waals surface area contributed by atoms with Gasteiger partial charge in [-0.3, -0.25) is 0 Å². The second kappa shape index (κ2) is 17.2. The van der Waals surface area contributed by atoms with Crippen molar-refractivity contribution in [1.82, 2.24) is 0 Å². The van der Waals surface area contributed by atoms with E-state index in [1.807, 2.05) is 0 Å². The standard InChI is InChI=1S/CHNS.Bi.Na.4H/c2-1-3;;;;;;/h3H;;;;;;. The molecule has 0 spiro atoms. The van der Waals surface area contributed by atoms with Crippen LogP contribution in [-0.2, 0) is 0 Å². The van der Waals surface area contributed by atoms with E-state index in [1.54, 1.807) is 0 Å². The summed E-state index contributed by atoms with van der Waals surface area (Å²) in [6.07, 6.45) is 0. The molecule has 1 nitrogen and oxygen atoms in total. The molecule has 26 valence electrons. The maximum absolute atomic E-state index is 7.18. The van der Waals surface area contributed by atoms with Crippen LogP contribution < -0.4 is 0 Å². The fourth-order valence-electron chi connectivity index (χ4n) is 0. The van der Waals surface area contributed by atoms with Crippen LogP contribution in [0, 0.1) is 10.7 Å². The molecule has 0 aromatic carbocycles. The molecule has 0 fully saturated rings. The van der Waals surface area contributed by atoms with Gasteiger partial charge in [-0.25, -0.2) is 0 Å². The second-order valence-corrected chi connectivity index (χ2v) is 0.300. The van der Waals surface area contributed by atoms with Gasteiger partial charge in [0, 0.05) is 0 Å². The summed E-state index contributed by atoms with van der Waals surface area (Å²) in [5.74, 6) is 0. The molecule has 0 radical (unpaired) electrons. The van der Waals surface area contributed by atoms with E-state index < -0.39 is 0 Å². The van der Waals surface area contributed by atoms with Crippen molar-refractivity contribution in [3.63, 3.8) is 0 Å². The van der Waals surface area contributed by atoms with E-state index in [4.69, 9.17) is 5.26 Å². The Bertz CT molecular complexity index is 33.1. The molecule has 0 rings (SSSR count). The molecule has 0 unspecified atom stereocenters. The van der Waals surface area contributed by atoms with E-state index >= 15 is 0 Å². The van der Waals surface area contributed by atoms with Crippen LogP contribution in [0.4, 0.5) is 0 Å². The van der Waals surface area contributed by atoms with E-state index in [0.717, 1.165) is 0 Å². The average Bonchev–Trinajstić information content (AvgIpc) is 0.918. The third-order valence-corrected chi connectivity index (χ3v) is 0. The second-order valence-electron chi connectivity index (χ2n) is 0.100. The molecule has 0 bridgehead atoms. The predicted octanol–water partition coefficient (Wildman–Crippen LogP) is -1.44. The van der Waals surface area contributed by atoms with Crippen LogP contribution in [0.2, 0.25) is 0 Å². The molecule has 5 heavy (non-hydrogen) atoms. The van der Waals surface area contributed by atoms with Gasteiger partial charge in [0.25, 0.3) is 0 Å². The molecular formula is CH5BiNNaS. The molecule has 0 aliphatic rings. The van der Waals surface area contributed by atoms with Gasteiger partial charge in [0.05, 0.1) is 0 Å². The van der Waals surface area contributed by atoms with Crippen LogP contribution in [0.25, 0.3) is 0 Å². The van der Waals surface area contributed by atoms with E-state index in [9.17, 15) is 0 Å². The van der Waals surface area contributed by atoms with E-state index in [2.05, 4.69) is 12.6 Å². The topological polar surface area (TPSA) is 23.8 Å². The van der Waals surface area contributed by atoms with Gasteiger partial charge in [-0.1, -0.05) is 12.6 Å². The van der Waals surface area contributed by atoms with Crippen LogP contribution in [0.15, 0.2) is 0 Å². The zero-order valence-electron chi connectivity index (χ0n) is 2.10. The Morgan fingerprint density at radius 1 is 1.60 bits per heavy atom. The predicted molar refractivity (Wildman–Crippen MR) is 31.7 cm³/mol. The fraction of sp³-hybridized carbons (Fsp3) is 0. The average molecular weight is 295 g/mol. The Hall–Kier alpha value is 1.72. The van der Waals surface area contributed by atoms with E-state index in [0.29, 0.717) is 0 Å². The van der Waals surface area contributed by atoms with Crippen LogP contribution >= 0.6 is 12.6 Å². The number of hydrogen-bond donors (Lipinski definition) is 1. The molecular weight excluding hydrogens is 290 g/mol. The minimum atomic E-state index is 0. The Morgan fingerprint density at radius 3 is 1.60 bits per heavy atom. The summed E-state index contributed by atoms with van der Waals surface area (Å²) in [5.41, 5.74) is 0. The molecule has 0 aromatic heterocycles. The van der Waals surface area contributed by atoms with Crippen molar-refractivity contribution in [1.29, 1.82) is 5.26 Å². The molecule has 0 aromatic rings. The molecule has 0 aliphatic heterocycles. The van der Waals surface area contributed by atoms with Gasteiger partial charge in [0.1, 0.15) is 5.40 Å². The Morgan fingerprint density at radius 2 is 1.60 bits per heavy atom. The number of nitrogens with zero attached hydrogens (tertiary/aromatic N) is 1. The summed E-state index contributed by atoms with van der Waals surface area (Å²) in [6, 6.07) is 0. The number of nitriles is 1. The summed E-state index contributed by atoms with van der Waals surface area (Å²) >= 11 is 3.09. The zero-order valence-corrected chi connectivity index (χ0v) is 8.49. The monoisotopic (exact) mass is 295 g/mol. The number of hydrogen-bond acceptors (Lipinski definition) is 2. The van der Waals surface area contributed by atoms with Gasteiger partial charge in [0.2, 0.25) is 0 Å². The summed E-state index contributed by atoms with van der Waals surface area (Å²) in [6.45, 7) is 0. The number of thiocyanates is 1. The fourth-order valence-corrected chi connectivity index (χ4v) is 0.